The third-order valence-corrected chi connectivity index (χ3v) is 6.11. The molecule has 3 aromatic rings. The van der Waals surface area contributed by atoms with E-state index in [4.69, 9.17) is 0 Å². The van der Waals surface area contributed by atoms with E-state index in [0.717, 1.165) is 11.1 Å². The number of likely N-dealkylation sites (N-methyl/N-ethyl adjacent to an activating group) is 1. The second-order valence-electron chi connectivity index (χ2n) is 11.1. The second kappa shape index (κ2) is 12.6. The molecule has 214 valence electrons. The van der Waals surface area contributed by atoms with E-state index in [0.29, 0.717) is 17.5 Å². The minimum absolute atomic E-state index is 0.0152. The highest BCUT2D eigenvalue weighted by atomic mass is 19.1. The number of carbonyl (C=O) groups excluding carboxylic acids is 2. The van der Waals surface area contributed by atoms with Crippen LogP contribution in [0.25, 0.3) is 10.9 Å². The van der Waals surface area contributed by atoms with Crippen LogP contribution in [0, 0.1) is 11.2 Å². The van der Waals surface area contributed by atoms with Gasteiger partial charge < -0.3 is 30.2 Å². The molecule has 11 heteroatoms. The summed E-state index contributed by atoms with van der Waals surface area (Å²) < 4.78 is 15.7. The van der Waals surface area contributed by atoms with Crippen molar-refractivity contribution in [2.45, 2.75) is 52.6 Å². The van der Waals surface area contributed by atoms with E-state index in [9.17, 15) is 28.7 Å². The minimum Gasteiger partial charge on any atom is -0.465 e. The molecule has 0 fully saturated rings. The number of nitrogens with zero attached hydrogens (tertiary/aromatic N) is 2. The van der Waals surface area contributed by atoms with Gasteiger partial charge in [0.1, 0.15) is 17.5 Å². The van der Waals surface area contributed by atoms with E-state index >= 15 is 0 Å². The molecule has 2 heterocycles. The van der Waals surface area contributed by atoms with Gasteiger partial charge in [-0.2, -0.15) is 0 Å². The molecule has 0 spiro atoms. The van der Waals surface area contributed by atoms with Gasteiger partial charge in [0.15, 0.2) is 0 Å². The smallest absolute Gasteiger partial charge is 0.405 e. The Kier molecular flexibility index (Phi) is 9.51. The number of H-pyrrole nitrogens is 1. The monoisotopic (exact) mass is 553 g/mol. The van der Waals surface area contributed by atoms with Gasteiger partial charge in [0.2, 0.25) is 11.8 Å². The largest absolute Gasteiger partial charge is 0.465 e. The maximum Gasteiger partial charge on any atom is 0.405 e. The van der Waals surface area contributed by atoms with Crippen molar-refractivity contribution in [2.24, 2.45) is 5.41 Å². The lowest BCUT2D eigenvalue weighted by Gasteiger charge is -2.18. The van der Waals surface area contributed by atoms with Crippen molar-refractivity contribution in [3.8, 4) is 0 Å². The van der Waals surface area contributed by atoms with Crippen LogP contribution in [0.4, 0.5) is 14.9 Å². The molecule has 1 atom stereocenters. The third-order valence-electron chi connectivity index (χ3n) is 6.11. The number of halogens is 1. The van der Waals surface area contributed by atoms with Crippen LogP contribution >= 0.6 is 0 Å². The summed E-state index contributed by atoms with van der Waals surface area (Å²) >= 11 is 0. The van der Waals surface area contributed by atoms with E-state index in [2.05, 4.69) is 36.4 Å². The zero-order valence-corrected chi connectivity index (χ0v) is 23.4. The molecule has 0 aliphatic heterocycles. The lowest BCUT2D eigenvalue weighted by Crippen LogP contribution is -2.44. The van der Waals surface area contributed by atoms with Gasteiger partial charge in [-0.1, -0.05) is 26.8 Å². The summed E-state index contributed by atoms with van der Waals surface area (Å²) in [5.74, 6) is -1.26. The number of carboxylic acid groups (broad SMARTS) is 1. The number of aromatic nitrogens is 2. The highest BCUT2D eigenvalue weighted by molar-refractivity contribution is 5.96. The van der Waals surface area contributed by atoms with E-state index < -0.39 is 23.6 Å². The number of anilines is 1. The summed E-state index contributed by atoms with van der Waals surface area (Å²) in [5.41, 5.74) is 1.79. The molecule has 1 unspecified atom stereocenters. The van der Waals surface area contributed by atoms with E-state index in [1.54, 1.807) is 38.5 Å². The Hall–Kier alpha value is -4.41. The molecule has 0 saturated carbocycles. The number of carbonyl (C=O) groups is 3. The molecule has 4 N–H and O–H groups in total. The first-order valence-corrected chi connectivity index (χ1v) is 12.9. The molecule has 10 nitrogen and oxygen atoms in total. The predicted octanol–water partition coefficient (Wildman–Crippen LogP) is 4.10. The fourth-order valence-electron chi connectivity index (χ4n) is 4.31. The molecule has 1 aromatic carbocycles. The Labute approximate surface area is 231 Å². The number of aromatic amines is 1. The number of amides is 3. The molecule has 0 radical (unpaired) electrons. The first kappa shape index (κ1) is 30.1. The molecule has 40 heavy (non-hydrogen) atoms. The van der Waals surface area contributed by atoms with Crippen molar-refractivity contribution in [2.75, 3.05) is 19.4 Å². The van der Waals surface area contributed by atoms with E-state index in [1.165, 1.54) is 33.7 Å². The van der Waals surface area contributed by atoms with Crippen LogP contribution in [0.3, 0.4) is 0 Å². The summed E-state index contributed by atoms with van der Waals surface area (Å²) in [4.78, 5) is 53.7. The fourth-order valence-corrected chi connectivity index (χ4v) is 4.31. The summed E-state index contributed by atoms with van der Waals surface area (Å²) in [6.45, 7) is 6.38. The van der Waals surface area contributed by atoms with Crippen LogP contribution in [-0.4, -0.2) is 57.6 Å². The third kappa shape index (κ3) is 8.29. The maximum absolute atomic E-state index is 14.3. The van der Waals surface area contributed by atoms with Crippen LogP contribution in [0.2, 0.25) is 0 Å². The Morgan fingerprint density at radius 1 is 1.20 bits per heavy atom. The van der Waals surface area contributed by atoms with Gasteiger partial charge in [-0.3, -0.25) is 14.4 Å². The van der Waals surface area contributed by atoms with Gasteiger partial charge in [-0.05, 0) is 66.6 Å². The molecule has 0 aliphatic rings. The molecule has 0 aliphatic carbocycles. The minimum atomic E-state index is -1.39. The summed E-state index contributed by atoms with van der Waals surface area (Å²) in [7, 11) is 3.20. The molecule has 0 bridgehead atoms. The lowest BCUT2D eigenvalue weighted by molar-refractivity contribution is -0.123. The topological polar surface area (TPSA) is 137 Å². The number of fused-ring (bicyclic) bond motifs is 1. The maximum atomic E-state index is 14.3. The quantitative estimate of drug-likeness (QED) is 0.280. The van der Waals surface area contributed by atoms with Crippen LogP contribution in [0.1, 0.15) is 44.9 Å². The van der Waals surface area contributed by atoms with Crippen molar-refractivity contribution < 1.29 is 23.9 Å². The predicted molar refractivity (Wildman–Crippen MR) is 152 cm³/mol. The highest BCUT2D eigenvalue weighted by Crippen LogP contribution is 2.28. The van der Waals surface area contributed by atoms with Gasteiger partial charge in [-0.15, -0.1) is 0 Å². The molecular weight excluding hydrogens is 517 g/mol. The number of benzene rings is 1. The molecule has 3 rings (SSSR count). The van der Waals surface area contributed by atoms with Crippen LogP contribution in [-0.2, 0) is 22.6 Å². The van der Waals surface area contributed by atoms with Crippen molar-refractivity contribution in [3.63, 3.8) is 0 Å². The highest BCUT2D eigenvalue weighted by Gasteiger charge is 2.21. The fraction of sp³-hybridized carbons (Fsp3) is 0.379. The number of rotatable bonds is 10. The average Bonchev–Trinajstić information content (AvgIpc) is 3.24. The number of allylic oxidation sites excluding steroid dienone is 1. The zero-order chi connectivity index (χ0) is 29.6. The van der Waals surface area contributed by atoms with Gasteiger partial charge >= 0.3 is 6.09 Å². The molecule has 3 amide bonds. The Balaban J connectivity index is 1.78. The van der Waals surface area contributed by atoms with Crippen LogP contribution in [0.15, 0.2) is 53.5 Å². The summed E-state index contributed by atoms with van der Waals surface area (Å²) in [6.07, 6.45) is 4.08. The Morgan fingerprint density at radius 3 is 2.58 bits per heavy atom. The van der Waals surface area contributed by atoms with Crippen LogP contribution in [0.5, 0.6) is 0 Å². The number of hydrogen-bond acceptors (Lipinski definition) is 4. The molecule has 2 aromatic heterocycles. The van der Waals surface area contributed by atoms with E-state index in [1.807, 2.05) is 0 Å². The van der Waals surface area contributed by atoms with Crippen LogP contribution < -0.4 is 16.2 Å². The van der Waals surface area contributed by atoms with Gasteiger partial charge in [-0.25, -0.2) is 9.18 Å². The van der Waals surface area contributed by atoms with E-state index in [-0.39, 0.29) is 42.2 Å². The molecular formula is C29H36FN5O5. The molecule has 0 saturated heterocycles. The Morgan fingerprint density at radius 2 is 1.93 bits per heavy atom. The van der Waals surface area contributed by atoms with Crippen molar-refractivity contribution >= 4 is 34.5 Å². The first-order chi connectivity index (χ1) is 18.7. The van der Waals surface area contributed by atoms with Gasteiger partial charge in [0.05, 0.1) is 6.54 Å². The van der Waals surface area contributed by atoms with Crippen molar-refractivity contribution in [1.82, 2.24) is 19.8 Å². The van der Waals surface area contributed by atoms with Crippen molar-refractivity contribution in [3.05, 3.63) is 76.1 Å². The Bertz CT molecular complexity index is 1480. The number of nitrogens with one attached hydrogen (secondary N) is 3. The van der Waals surface area contributed by atoms with Gasteiger partial charge in [0.25, 0.3) is 5.56 Å². The second-order valence-corrected chi connectivity index (χ2v) is 11.1. The number of hydrogen-bond donors (Lipinski definition) is 4. The summed E-state index contributed by atoms with van der Waals surface area (Å²) in [5, 5.41) is 14.6. The summed E-state index contributed by atoms with van der Waals surface area (Å²) in [6, 6.07) is 6.65. The normalized spacial score (nSPS) is 12.4. The number of pyridine rings is 1. The lowest BCUT2D eigenvalue weighted by atomic mass is 9.87. The standard InChI is InChI=1S/C29H36FN5O5/c1-29(2,3)16-19-14-20(30)13-18-15-21(31-25(18)19)17-35-12-8-10-23(27(35)38)32-26(37)22(33-28(39)40)9-6-7-11-24(36)34(4)5/h7-8,10-15,22,31,33H,6,9,16-17H2,1-5H3,(H,32,37)(H,39,40). The van der Waals surface area contributed by atoms with Gasteiger partial charge in [0, 0.05) is 36.9 Å². The zero-order valence-electron chi connectivity index (χ0n) is 23.4. The first-order valence-electron chi connectivity index (χ1n) is 12.9. The SMILES string of the molecule is CN(C)C(=O)C=CCCC(NC(=O)O)C(=O)Nc1cccn(Cc2cc3cc(F)cc(CC(C)(C)C)c3[nH]2)c1=O. The van der Waals surface area contributed by atoms with Crippen molar-refractivity contribution in [1.29, 1.82) is 0 Å². The average molecular weight is 554 g/mol.